The quantitative estimate of drug-likeness (QED) is 0.562. The van der Waals surface area contributed by atoms with Gasteiger partial charge in [0.25, 0.3) is 0 Å². The third-order valence-electron chi connectivity index (χ3n) is 2.43. The van der Waals surface area contributed by atoms with Crippen molar-refractivity contribution in [2.24, 2.45) is 0 Å². The molecule has 0 radical (unpaired) electrons. The van der Waals surface area contributed by atoms with Crippen LogP contribution in [0.1, 0.15) is 17.3 Å². The molecule has 8 nitrogen and oxygen atoms in total. The highest BCUT2D eigenvalue weighted by molar-refractivity contribution is 8.14. The van der Waals surface area contributed by atoms with Crippen LogP contribution in [0, 0.1) is 0 Å². The van der Waals surface area contributed by atoms with Crippen LogP contribution in [-0.4, -0.2) is 46.8 Å². The molecule has 0 aliphatic rings. The van der Waals surface area contributed by atoms with Gasteiger partial charge in [-0.2, -0.15) is 0 Å². The maximum absolute atomic E-state index is 11.6. The summed E-state index contributed by atoms with van der Waals surface area (Å²) >= 11 is 0.549. The largest absolute Gasteiger partial charge is 0.480 e. The van der Waals surface area contributed by atoms with Gasteiger partial charge in [0, 0.05) is 0 Å². The fourth-order valence-corrected chi connectivity index (χ4v) is 1.92. The van der Waals surface area contributed by atoms with Crippen molar-refractivity contribution in [1.82, 2.24) is 5.32 Å². The van der Waals surface area contributed by atoms with E-state index in [1.54, 1.807) is 30.3 Å². The monoisotopic (exact) mass is 341 g/mol. The van der Waals surface area contributed by atoms with E-state index < -0.39 is 41.7 Å². The van der Waals surface area contributed by atoms with Crippen molar-refractivity contribution in [3.05, 3.63) is 35.9 Å². The lowest BCUT2D eigenvalue weighted by Crippen LogP contribution is -2.35. The molecule has 0 saturated carbocycles. The number of hydrogen-bond donors (Lipinski definition) is 2. The molecule has 1 aromatic carbocycles. The molecule has 1 unspecified atom stereocenters. The number of rotatable bonds is 7. The first-order valence-corrected chi connectivity index (χ1v) is 7.33. The van der Waals surface area contributed by atoms with Gasteiger partial charge in [0.05, 0.1) is 10.8 Å². The van der Waals surface area contributed by atoms with Crippen LogP contribution in [0.3, 0.4) is 0 Å². The molecule has 0 aliphatic heterocycles. The molecule has 1 amide bonds. The summed E-state index contributed by atoms with van der Waals surface area (Å²) in [6.07, 6.45) is 0. The fourth-order valence-electron chi connectivity index (χ4n) is 1.33. The molecular weight excluding hydrogens is 326 g/mol. The second-order valence-electron chi connectivity index (χ2n) is 4.18. The van der Waals surface area contributed by atoms with Crippen molar-refractivity contribution < 1.29 is 33.8 Å². The van der Waals surface area contributed by atoms with Gasteiger partial charge in [-0.1, -0.05) is 18.2 Å². The topological polar surface area (TPSA) is 119 Å². The number of carboxylic acids is 1. The van der Waals surface area contributed by atoms with Gasteiger partial charge in [-0.15, -0.1) is 0 Å². The zero-order valence-corrected chi connectivity index (χ0v) is 13.0. The summed E-state index contributed by atoms with van der Waals surface area (Å²) in [6, 6.07) is 8.16. The Morgan fingerprint density at radius 1 is 1.17 bits per heavy atom. The molecule has 2 N–H and O–H groups in total. The van der Waals surface area contributed by atoms with Crippen LogP contribution >= 0.6 is 11.8 Å². The van der Waals surface area contributed by atoms with Gasteiger partial charge in [-0.3, -0.25) is 9.59 Å². The second-order valence-corrected chi connectivity index (χ2v) is 5.46. The first kappa shape index (κ1) is 18.5. The summed E-state index contributed by atoms with van der Waals surface area (Å²) in [5.41, 5.74) is 0.317. The highest BCUT2D eigenvalue weighted by Gasteiger charge is 2.19. The Bertz CT molecular complexity index is 576. The average Bonchev–Trinajstić information content (AvgIpc) is 2.53. The summed E-state index contributed by atoms with van der Waals surface area (Å²) in [6.45, 7) is 0.301. The molecular formula is C14H15NO7S. The predicted molar refractivity (Wildman–Crippen MR) is 80.9 cm³/mol. The van der Waals surface area contributed by atoms with Crippen LogP contribution in [0.5, 0.6) is 0 Å². The van der Waals surface area contributed by atoms with E-state index in [1.165, 1.54) is 6.92 Å². The van der Waals surface area contributed by atoms with Crippen LogP contribution in [0.25, 0.3) is 0 Å². The Labute approximate surface area is 136 Å². The SMILES string of the molecule is CC(SC(=O)OCOC(=O)c1ccccc1)C(=O)NCC(=O)O. The van der Waals surface area contributed by atoms with Crippen molar-refractivity contribution in [3.63, 3.8) is 0 Å². The van der Waals surface area contributed by atoms with E-state index in [2.05, 4.69) is 10.1 Å². The van der Waals surface area contributed by atoms with E-state index in [4.69, 9.17) is 9.84 Å². The summed E-state index contributed by atoms with van der Waals surface area (Å²) < 4.78 is 9.41. The maximum atomic E-state index is 11.6. The van der Waals surface area contributed by atoms with Gasteiger partial charge in [-0.05, 0) is 30.8 Å². The molecule has 0 aromatic heterocycles. The van der Waals surface area contributed by atoms with Crippen LogP contribution < -0.4 is 5.32 Å². The summed E-state index contributed by atoms with van der Waals surface area (Å²) in [7, 11) is 0. The van der Waals surface area contributed by atoms with Gasteiger partial charge >= 0.3 is 17.2 Å². The lowest BCUT2D eigenvalue weighted by atomic mass is 10.2. The van der Waals surface area contributed by atoms with Gasteiger partial charge in [-0.25, -0.2) is 9.59 Å². The van der Waals surface area contributed by atoms with E-state index in [0.29, 0.717) is 17.3 Å². The molecule has 9 heteroatoms. The number of thioether (sulfide) groups is 1. The van der Waals surface area contributed by atoms with Crippen molar-refractivity contribution >= 4 is 34.9 Å². The first-order valence-electron chi connectivity index (χ1n) is 6.45. The van der Waals surface area contributed by atoms with Gasteiger partial charge in [0.2, 0.25) is 12.7 Å². The number of amides is 1. The van der Waals surface area contributed by atoms with E-state index in [-0.39, 0.29) is 0 Å². The van der Waals surface area contributed by atoms with E-state index >= 15 is 0 Å². The van der Waals surface area contributed by atoms with Gasteiger partial charge in [0.1, 0.15) is 6.54 Å². The molecule has 124 valence electrons. The molecule has 0 bridgehead atoms. The first-order chi connectivity index (χ1) is 10.9. The Morgan fingerprint density at radius 2 is 1.83 bits per heavy atom. The fraction of sp³-hybridized carbons (Fsp3) is 0.286. The number of carboxylic acid groups (broad SMARTS) is 1. The highest BCUT2D eigenvalue weighted by atomic mass is 32.2. The minimum Gasteiger partial charge on any atom is -0.480 e. The van der Waals surface area contributed by atoms with Gasteiger partial charge in [0.15, 0.2) is 0 Å². The number of aliphatic carboxylic acids is 1. The lowest BCUT2D eigenvalue weighted by molar-refractivity contribution is -0.137. The lowest BCUT2D eigenvalue weighted by Gasteiger charge is -2.10. The minimum absolute atomic E-state index is 0.317. The average molecular weight is 341 g/mol. The second kappa shape index (κ2) is 9.46. The molecule has 23 heavy (non-hydrogen) atoms. The van der Waals surface area contributed by atoms with E-state index in [1.807, 2.05) is 0 Å². The molecule has 0 heterocycles. The third-order valence-corrected chi connectivity index (χ3v) is 3.31. The number of carbonyl (C=O) groups excluding carboxylic acids is 3. The Morgan fingerprint density at radius 3 is 2.43 bits per heavy atom. The molecule has 0 fully saturated rings. The number of hydrogen-bond acceptors (Lipinski definition) is 7. The highest BCUT2D eigenvalue weighted by Crippen LogP contribution is 2.14. The maximum Gasteiger partial charge on any atom is 0.370 e. The zero-order chi connectivity index (χ0) is 17.2. The van der Waals surface area contributed by atoms with E-state index in [9.17, 15) is 19.2 Å². The van der Waals surface area contributed by atoms with Crippen LogP contribution in [0.15, 0.2) is 30.3 Å². The van der Waals surface area contributed by atoms with Crippen molar-refractivity contribution in [1.29, 1.82) is 0 Å². The third kappa shape index (κ3) is 7.32. The van der Waals surface area contributed by atoms with Crippen LogP contribution in [-0.2, 0) is 19.1 Å². The summed E-state index contributed by atoms with van der Waals surface area (Å²) in [4.78, 5) is 44.8. The normalized spacial score (nSPS) is 11.2. The number of benzene rings is 1. The molecule has 1 rings (SSSR count). The van der Waals surface area contributed by atoms with Crippen molar-refractivity contribution in [2.45, 2.75) is 12.2 Å². The molecule has 0 spiro atoms. The van der Waals surface area contributed by atoms with Crippen molar-refractivity contribution in [3.8, 4) is 0 Å². The standard InChI is InChI=1S/C14H15NO7S/c1-9(12(18)15-7-11(16)17)23-14(20)22-8-21-13(19)10-5-3-2-4-6-10/h2-6,9H,7-8H2,1H3,(H,15,18)(H,16,17). The number of ether oxygens (including phenoxy) is 2. The van der Waals surface area contributed by atoms with E-state index in [0.717, 1.165) is 0 Å². The molecule has 0 aliphatic carbocycles. The van der Waals surface area contributed by atoms with Crippen LogP contribution in [0.2, 0.25) is 0 Å². The smallest absolute Gasteiger partial charge is 0.370 e. The number of esters is 1. The number of nitrogens with one attached hydrogen (secondary N) is 1. The molecule has 1 aromatic rings. The minimum atomic E-state index is -1.19. The molecule has 1 atom stereocenters. The Balaban J connectivity index is 2.27. The van der Waals surface area contributed by atoms with Gasteiger partial charge < -0.3 is 19.9 Å². The molecule has 0 saturated heterocycles. The summed E-state index contributed by atoms with van der Waals surface area (Å²) in [5.74, 6) is -2.45. The predicted octanol–water partition coefficient (Wildman–Crippen LogP) is 1.26. The Hall–Kier alpha value is -2.55. The van der Waals surface area contributed by atoms with Crippen molar-refractivity contribution in [2.75, 3.05) is 13.3 Å². The summed E-state index contributed by atoms with van der Waals surface area (Å²) in [5, 5.41) is 8.90. The number of carbonyl (C=O) groups is 4. The zero-order valence-electron chi connectivity index (χ0n) is 12.2. The van der Waals surface area contributed by atoms with Crippen LogP contribution in [0.4, 0.5) is 4.79 Å². The Kier molecular flexibility index (Phi) is 7.61.